The Morgan fingerprint density at radius 1 is 1.36 bits per heavy atom. The van der Waals surface area contributed by atoms with E-state index in [1.807, 2.05) is 0 Å². The first-order valence-electron chi connectivity index (χ1n) is 9.64. The van der Waals surface area contributed by atoms with Crippen molar-refractivity contribution in [3.63, 3.8) is 0 Å². The minimum absolute atomic E-state index is 0.0867. The van der Waals surface area contributed by atoms with Gasteiger partial charge in [0.25, 0.3) is 11.8 Å². The summed E-state index contributed by atoms with van der Waals surface area (Å²) in [6.45, 7) is 3.83. The number of halogens is 1. The Bertz CT molecular complexity index is 776. The van der Waals surface area contributed by atoms with Crippen molar-refractivity contribution in [2.24, 2.45) is 5.92 Å². The molecular formula is C20H27FN4O3. The third-order valence-corrected chi connectivity index (χ3v) is 5.94. The van der Waals surface area contributed by atoms with Crippen LogP contribution in [0.1, 0.15) is 51.1 Å². The molecule has 0 aromatic heterocycles. The molecule has 1 spiro atoms. The van der Waals surface area contributed by atoms with Gasteiger partial charge in [0.2, 0.25) is 0 Å². The number of benzene rings is 1. The topological polar surface area (TPSA) is 81.8 Å². The molecule has 2 aliphatic rings. The van der Waals surface area contributed by atoms with Crippen LogP contribution in [-0.4, -0.2) is 46.9 Å². The highest BCUT2D eigenvalue weighted by atomic mass is 19.1. The number of carbonyl (C=O) groups excluding carboxylic acids is 3. The number of rotatable bonds is 5. The second-order valence-electron chi connectivity index (χ2n) is 7.98. The Labute approximate surface area is 164 Å². The smallest absolute Gasteiger partial charge is 0.322 e. The van der Waals surface area contributed by atoms with Crippen LogP contribution in [0.25, 0.3) is 0 Å². The van der Waals surface area contributed by atoms with E-state index in [1.165, 1.54) is 6.07 Å². The van der Waals surface area contributed by atoms with Gasteiger partial charge in [-0.25, -0.2) is 9.18 Å². The van der Waals surface area contributed by atoms with Gasteiger partial charge in [-0.1, -0.05) is 25.1 Å². The number of hydrazine groups is 1. The quantitative estimate of drug-likeness (QED) is 0.756. The van der Waals surface area contributed by atoms with Crippen molar-refractivity contribution in [3.8, 4) is 0 Å². The molecule has 1 atom stereocenters. The largest absolute Gasteiger partial charge is 0.344 e. The zero-order chi connectivity index (χ0) is 20.5. The maximum absolute atomic E-state index is 14.0. The van der Waals surface area contributed by atoms with Gasteiger partial charge in [-0.15, -0.1) is 0 Å². The van der Waals surface area contributed by atoms with Crippen molar-refractivity contribution in [1.82, 2.24) is 20.7 Å². The number of nitrogens with one attached hydrogen (secondary N) is 2. The van der Waals surface area contributed by atoms with Crippen molar-refractivity contribution in [2.75, 3.05) is 13.6 Å². The summed E-state index contributed by atoms with van der Waals surface area (Å²) in [5, 5.41) is 3.56. The molecule has 1 heterocycles. The van der Waals surface area contributed by atoms with Crippen LogP contribution in [-0.2, 0) is 9.59 Å². The molecule has 152 valence electrons. The van der Waals surface area contributed by atoms with Crippen LogP contribution in [0.5, 0.6) is 0 Å². The molecule has 7 nitrogen and oxygen atoms in total. The Hall–Kier alpha value is -2.48. The number of nitrogens with zero attached hydrogens (tertiary/aromatic N) is 2. The first-order valence-corrected chi connectivity index (χ1v) is 9.64. The molecule has 1 unspecified atom stereocenters. The van der Waals surface area contributed by atoms with E-state index >= 15 is 0 Å². The third-order valence-electron chi connectivity index (χ3n) is 5.94. The molecule has 2 fully saturated rings. The average molecular weight is 390 g/mol. The van der Waals surface area contributed by atoms with Gasteiger partial charge in [-0.3, -0.25) is 19.9 Å². The highest BCUT2D eigenvalue weighted by Gasteiger charge is 2.52. The molecule has 8 heteroatoms. The zero-order valence-electron chi connectivity index (χ0n) is 16.5. The fourth-order valence-electron chi connectivity index (χ4n) is 3.89. The van der Waals surface area contributed by atoms with Crippen molar-refractivity contribution in [1.29, 1.82) is 0 Å². The molecule has 4 amide bonds. The predicted octanol–water partition coefficient (Wildman–Crippen LogP) is 2.35. The van der Waals surface area contributed by atoms with Gasteiger partial charge < -0.3 is 5.32 Å². The van der Waals surface area contributed by atoms with Gasteiger partial charge in [0, 0.05) is 11.6 Å². The molecular weight excluding hydrogens is 363 g/mol. The minimum atomic E-state index is -0.900. The number of likely N-dealkylation sites (N-methyl/N-ethyl adjacent to an activating group) is 1. The number of urea groups is 1. The van der Waals surface area contributed by atoms with Crippen LogP contribution in [0.15, 0.2) is 24.3 Å². The first-order chi connectivity index (χ1) is 13.2. The van der Waals surface area contributed by atoms with Crippen molar-refractivity contribution in [2.45, 2.75) is 51.1 Å². The Morgan fingerprint density at radius 2 is 2.00 bits per heavy atom. The lowest BCUT2D eigenvalue weighted by Crippen LogP contribution is -2.52. The van der Waals surface area contributed by atoms with Gasteiger partial charge >= 0.3 is 6.03 Å². The van der Waals surface area contributed by atoms with Crippen molar-refractivity contribution >= 4 is 17.8 Å². The second kappa shape index (κ2) is 7.87. The summed E-state index contributed by atoms with van der Waals surface area (Å²) in [6, 6.07) is 5.44. The van der Waals surface area contributed by atoms with Gasteiger partial charge in [-0.2, -0.15) is 5.01 Å². The summed E-state index contributed by atoms with van der Waals surface area (Å²) in [5.41, 5.74) is 1.99. The van der Waals surface area contributed by atoms with E-state index in [-0.39, 0.29) is 18.4 Å². The van der Waals surface area contributed by atoms with E-state index < -0.39 is 23.4 Å². The standard InChI is InChI=1S/C20H27FN4O3/c1-13-8-10-20(11-9-13)18(27)25(19(28)22-20)23-17(26)12-24(3)14(2)15-6-4-5-7-16(15)21/h4-7,13-14H,8-12H2,1-3H3,(H,22,28)(H,23,26). The average Bonchev–Trinajstić information content (AvgIpc) is 2.88. The first kappa shape index (κ1) is 20.3. The summed E-state index contributed by atoms with van der Waals surface area (Å²) >= 11 is 0. The fraction of sp³-hybridized carbons (Fsp3) is 0.550. The monoisotopic (exact) mass is 390 g/mol. The predicted molar refractivity (Wildman–Crippen MR) is 101 cm³/mol. The maximum Gasteiger partial charge on any atom is 0.344 e. The SMILES string of the molecule is CC1CCC2(CC1)NC(=O)N(NC(=O)CN(C)C(C)c1ccccc1F)C2=O. The summed E-state index contributed by atoms with van der Waals surface area (Å²) in [6.07, 6.45) is 2.87. The number of hydrogen-bond donors (Lipinski definition) is 2. The lowest BCUT2D eigenvalue weighted by molar-refractivity contribution is -0.140. The highest BCUT2D eigenvalue weighted by molar-refractivity contribution is 6.08. The molecule has 1 aliphatic carbocycles. The number of amides is 4. The fourth-order valence-corrected chi connectivity index (χ4v) is 3.89. The summed E-state index contributed by atoms with van der Waals surface area (Å²) in [7, 11) is 1.69. The van der Waals surface area contributed by atoms with Crippen LogP contribution >= 0.6 is 0 Å². The van der Waals surface area contributed by atoms with E-state index in [4.69, 9.17) is 0 Å². The number of hydrogen-bond acceptors (Lipinski definition) is 4. The van der Waals surface area contributed by atoms with Crippen LogP contribution < -0.4 is 10.7 Å². The van der Waals surface area contributed by atoms with Crippen LogP contribution in [0.2, 0.25) is 0 Å². The van der Waals surface area contributed by atoms with Crippen LogP contribution in [0, 0.1) is 11.7 Å². The molecule has 1 aromatic carbocycles. The van der Waals surface area contributed by atoms with Crippen molar-refractivity contribution in [3.05, 3.63) is 35.6 Å². The molecule has 0 bridgehead atoms. The normalized spacial score (nSPS) is 25.9. The summed E-state index contributed by atoms with van der Waals surface area (Å²) in [5.74, 6) is -0.727. The number of imide groups is 1. The van der Waals surface area contributed by atoms with Crippen LogP contribution in [0.3, 0.4) is 0 Å². The molecule has 0 radical (unpaired) electrons. The van der Waals surface area contributed by atoms with Gasteiger partial charge in [0.05, 0.1) is 6.54 Å². The van der Waals surface area contributed by atoms with E-state index in [0.29, 0.717) is 24.3 Å². The Kier molecular flexibility index (Phi) is 5.69. The molecule has 1 aliphatic heterocycles. The molecule has 1 saturated carbocycles. The van der Waals surface area contributed by atoms with Gasteiger partial charge in [0.1, 0.15) is 11.4 Å². The van der Waals surface area contributed by atoms with E-state index in [1.54, 1.807) is 37.1 Å². The summed E-state index contributed by atoms with van der Waals surface area (Å²) < 4.78 is 14.0. The number of carbonyl (C=O) groups is 3. The lowest BCUT2D eigenvalue weighted by atomic mass is 9.77. The molecule has 3 rings (SSSR count). The van der Waals surface area contributed by atoms with Crippen molar-refractivity contribution < 1.29 is 18.8 Å². The van der Waals surface area contributed by atoms with E-state index in [2.05, 4.69) is 17.7 Å². The molecule has 1 saturated heterocycles. The molecule has 2 N–H and O–H groups in total. The third kappa shape index (κ3) is 3.87. The second-order valence-corrected chi connectivity index (χ2v) is 7.98. The molecule has 1 aromatic rings. The molecule has 28 heavy (non-hydrogen) atoms. The Balaban J connectivity index is 1.61. The lowest BCUT2D eigenvalue weighted by Gasteiger charge is -2.33. The summed E-state index contributed by atoms with van der Waals surface area (Å²) in [4.78, 5) is 39.1. The zero-order valence-corrected chi connectivity index (χ0v) is 16.5. The highest BCUT2D eigenvalue weighted by Crippen LogP contribution is 2.35. The maximum atomic E-state index is 14.0. The van der Waals surface area contributed by atoms with Gasteiger partial charge in [-0.05, 0) is 51.6 Å². The van der Waals surface area contributed by atoms with Gasteiger partial charge in [0.15, 0.2) is 0 Å². The van der Waals surface area contributed by atoms with E-state index in [0.717, 1.165) is 17.9 Å². The Morgan fingerprint density at radius 3 is 2.64 bits per heavy atom. The minimum Gasteiger partial charge on any atom is -0.322 e. The van der Waals surface area contributed by atoms with Crippen LogP contribution in [0.4, 0.5) is 9.18 Å². The van der Waals surface area contributed by atoms with E-state index in [9.17, 15) is 18.8 Å².